The van der Waals surface area contributed by atoms with E-state index in [0.717, 1.165) is 28.0 Å². The van der Waals surface area contributed by atoms with E-state index in [1.54, 1.807) is 0 Å². The first-order valence-electron chi connectivity index (χ1n) is 12.9. The zero-order valence-corrected chi connectivity index (χ0v) is 22.6. The van der Waals surface area contributed by atoms with Crippen LogP contribution in [0.15, 0.2) is 61.1 Å². The second-order valence-corrected chi connectivity index (χ2v) is 11.7. The van der Waals surface area contributed by atoms with Crippen LogP contribution < -0.4 is 0 Å². The Bertz CT molecular complexity index is 1550. The minimum Gasteiger partial charge on any atom is -0.256 e. The van der Waals surface area contributed by atoms with Gasteiger partial charge in [-0.2, -0.15) is 13.2 Å². The number of aromatic nitrogens is 3. The number of pyridine rings is 1. The third-order valence-corrected chi connectivity index (χ3v) is 7.73. The van der Waals surface area contributed by atoms with E-state index in [2.05, 4.69) is 80.1 Å². The van der Waals surface area contributed by atoms with Crippen molar-refractivity contribution in [3.8, 4) is 11.3 Å². The van der Waals surface area contributed by atoms with Crippen LogP contribution >= 0.6 is 0 Å². The van der Waals surface area contributed by atoms with Gasteiger partial charge in [-0.05, 0) is 69.6 Å². The molecule has 0 radical (unpaired) electrons. The third-order valence-electron chi connectivity index (χ3n) is 7.73. The average molecular weight is 516 g/mol. The van der Waals surface area contributed by atoms with E-state index >= 15 is 0 Å². The van der Waals surface area contributed by atoms with Gasteiger partial charge in [-0.25, -0.2) is 9.97 Å². The van der Waals surface area contributed by atoms with Crippen LogP contribution in [0.4, 0.5) is 13.2 Å². The van der Waals surface area contributed by atoms with Crippen molar-refractivity contribution in [3.05, 3.63) is 89.1 Å². The van der Waals surface area contributed by atoms with Gasteiger partial charge in [0.1, 0.15) is 0 Å². The zero-order chi connectivity index (χ0) is 27.5. The van der Waals surface area contributed by atoms with E-state index in [4.69, 9.17) is 4.98 Å². The summed E-state index contributed by atoms with van der Waals surface area (Å²) in [5.41, 5.74) is 4.52. The molecule has 3 nitrogen and oxygen atoms in total. The fraction of sp³-hybridized carbons (Fsp3) is 0.344. The maximum absolute atomic E-state index is 13.4. The molecule has 0 saturated carbocycles. The van der Waals surface area contributed by atoms with Crippen LogP contribution in [-0.2, 0) is 11.8 Å². The van der Waals surface area contributed by atoms with Gasteiger partial charge in [0.05, 0.1) is 11.1 Å². The van der Waals surface area contributed by atoms with Crippen molar-refractivity contribution in [1.82, 2.24) is 15.0 Å². The number of halogens is 3. The number of nitrogens with zero attached hydrogens (tertiary/aromatic N) is 3. The molecule has 2 heterocycles. The Morgan fingerprint density at radius 2 is 1.61 bits per heavy atom. The lowest BCUT2D eigenvalue weighted by Crippen LogP contribution is -2.34. The normalized spacial score (nSPS) is 15.2. The molecule has 0 aliphatic heterocycles. The molecule has 5 rings (SSSR count). The highest BCUT2D eigenvalue weighted by atomic mass is 19.4. The summed E-state index contributed by atoms with van der Waals surface area (Å²) in [6.07, 6.45) is 2.48. The molecule has 0 amide bonds. The second kappa shape index (κ2) is 9.04. The monoisotopic (exact) mass is 515 g/mol. The van der Waals surface area contributed by atoms with Crippen molar-refractivity contribution in [2.24, 2.45) is 5.41 Å². The molecule has 2 aromatic heterocycles. The molecule has 0 saturated heterocycles. The highest BCUT2D eigenvalue weighted by molar-refractivity contribution is 5.96. The molecule has 4 aromatic rings. The number of rotatable bonds is 5. The topological polar surface area (TPSA) is 38.7 Å². The smallest absolute Gasteiger partial charge is 0.256 e. The molecule has 0 N–H and O–H groups in total. The van der Waals surface area contributed by atoms with Gasteiger partial charge < -0.3 is 0 Å². The van der Waals surface area contributed by atoms with Gasteiger partial charge in [0.15, 0.2) is 5.82 Å². The number of hydrogen-bond acceptors (Lipinski definition) is 3. The predicted octanol–water partition coefficient (Wildman–Crippen LogP) is 8.78. The largest absolute Gasteiger partial charge is 0.394 e. The molecular weight excluding hydrogens is 483 g/mol. The number of benzene rings is 2. The van der Waals surface area contributed by atoms with Crippen molar-refractivity contribution in [3.63, 3.8) is 0 Å². The third kappa shape index (κ3) is 4.40. The first-order chi connectivity index (χ1) is 17.8. The second-order valence-electron chi connectivity index (χ2n) is 11.7. The van der Waals surface area contributed by atoms with E-state index in [9.17, 15) is 13.2 Å². The van der Waals surface area contributed by atoms with Gasteiger partial charge in [0, 0.05) is 35.1 Å². The Labute approximate surface area is 221 Å². The van der Waals surface area contributed by atoms with Crippen LogP contribution in [0, 0.1) is 5.41 Å². The van der Waals surface area contributed by atoms with E-state index in [1.165, 1.54) is 42.6 Å². The number of alkyl halides is 3. The Balaban J connectivity index is 1.54. The van der Waals surface area contributed by atoms with Crippen molar-refractivity contribution >= 4 is 22.4 Å². The quantitative estimate of drug-likeness (QED) is 0.267. The maximum Gasteiger partial charge on any atom is 0.394 e. The maximum atomic E-state index is 13.4. The molecular formula is C32H32F3N3. The summed E-state index contributed by atoms with van der Waals surface area (Å²) in [6, 6.07) is 14.9. The number of allylic oxidation sites excluding steroid dienone is 1. The zero-order valence-electron chi connectivity index (χ0n) is 22.6. The van der Waals surface area contributed by atoms with Crippen LogP contribution in [0.5, 0.6) is 0 Å². The van der Waals surface area contributed by atoms with Crippen LogP contribution in [0.2, 0.25) is 0 Å². The van der Waals surface area contributed by atoms with Gasteiger partial charge in [-0.15, -0.1) is 0 Å². The lowest BCUT2D eigenvalue weighted by molar-refractivity contribution is -0.211. The van der Waals surface area contributed by atoms with E-state index in [1.807, 2.05) is 12.3 Å². The molecule has 1 aliphatic carbocycles. The summed E-state index contributed by atoms with van der Waals surface area (Å²) >= 11 is 0. The molecule has 0 atom stereocenters. The van der Waals surface area contributed by atoms with E-state index in [-0.39, 0.29) is 6.42 Å². The summed E-state index contributed by atoms with van der Waals surface area (Å²) in [5, 5.41) is 2.43. The highest BCUT2D eigenvalue weighted by Gasteiger charge is 2.47. The van der Waals surface area contributed by atoms with Crippen molar-refractivity contribution < 1.29 is 13.2 Å². The van der Waals surface area contributed by atoms with Gasteiger partial charge in [-0.3, -0.25) is 4.98 Å². The van der Waals surface area contributed by atoms with Crippen LogP contribution in [0.1, 0.15) is 75.5 Å². The van der Waals surface area contributed by atoms with Gasteiger partial charge in [0.2, 0.25) is 0 Å². The van der Waals surface area contributed by atoms with Crippen LogP contribution in [0.25, 0.3) is 33.7 Å². The van der Waals surface area contributed by atoms with E-state index < -0.39 is 17.0 Å². The van der Waals surface area contributed by atoms with Gasteiger partial charge in [-0.1, -0.05) is 65.8 Å². The number of fused-ring (bicyclic) bond motifs is 2. The predicted molar refractivity (Wildman–Crippen MR) is 148 cm³/mol. The highest BCUT2D eigenvalue weighted by Crippen LogP contribution is 2.49. The molecule has 0 bridgehead atoms. The minimum atomic E-state index is -4.30. The fourth-order valence-electron chi connectivity index (χ4n) is 5.44. The summed E-state index contributed by atoms with van der Waals surface area (Å²) in [6.45, 7) is 11.1. The van der Waals surface area contributed by atoms with Crippen LogP contribution in [0.3, 0.4) is 0 Å². The van der Waals surface area contributed by atoms with Gasteiger partial charge in [0.25, 0.3) is 0 Å². The van der Waals surface area contributed by atoms with Crippen LogP contribution in [-0.4, -0.2) is 21.1 Å². The van der Waals surface area contributed by atoms with Crippen molar-refractivity contribution in [1.29, 1.82) is 0 Å². The summed E-state index contributed by atoms with van der Waals surface area (Å²) in [4.78, 5) is 13.9. The molecule has 38 heavy (non-hydrogen) atoms. The fourth-order valence-corrected chi connectivity index (χ4v) is 5.44. The Morgan fingerprint density at radius 1 is 0.921 bits per heavy atom. The van der Waals surface area contributed by atoms with Crippen molar-refractivity contribution in [2.75, 3.05) is 0 Å². The molecule has 6 heteroatoms. The number of hydrogen-bond donors (Lipinski definition) is 0. The van der Waals surface area contributed by atoms with Crippen molar-refractivity contribution in [2.45, 2.75) is 65.5 Å². The molecule has 2 aromatic carbocycles. The summed E-state index contributed by atoms with van der Waals surface area (Å²) in [5.74, 6) is 0.875. The first-order valence-corrected chi connectivity index (χ1v) is 12.9. The Morgan fingerprint density at radius 3 is 2.26 bits per heavy atom. The SMILES string of the molecule is CC(C)c1cc(-c2nccc3c2C(C)(C)C(c2ncc(CC(C)(C)C(F)(F)F)cn2)=C3)cc2ccccc12. The average Bonchev–Trinajstić information content (AvgIpc) is 3.13. The molecule has 0 spiro atoms. The Kier molecular flexibility index (Phi) is 6.20. The lowest BCUT2D eigenvalue weighted by atomic mass is 9.78. The minimum absolute atomic E-state index is 0.173. The molecule has 196 valence electrons. The first kappa shape index (κ1) is 26.1. The molecule has 0 fully saturated rings. The van der Waals surface area contributed by atoms with Gasteiger partial charge >= 0.3 is 6.18 Å². The molecule has 0 unspecified atom stereocenters. The lowest BCUT2D eigenvalue weighted by Gasteiger charge is -2.28. The summed E-state index contributed by atoms with van der Waals surface area (Å²) < 4.78 is 40.1. The Hall–Kier alpha value is -3.54. The van der Waals surface area contributed by atoms with E-state index in [0.29, 0.717) is 17.3 Å². The summed E-state index contributed by atoms with van der Waals surface area (Å²) in [7, 11) is 0. The molecule has 1 aliphatic rings. The standard InChI is InChI=1S/C32H32F3N3/c1-19(2)25-14-23(13-21-9-7-8-10-24(21)25)28-27-22(11-12-36-28)15-26(31(27,5)6)29-37-17-20(18-38-29)16-30(3,4)32(33,34)35/h7-15,17-19H,16H2,1-6H3.